The monoisotopic (exact) mass is 384 g/mol. The van der Waals surface area contributed by atoms with Crippen LogP contribution in [-0.4, -0.2) is 35.8 Å². The van der Waals surface area contributed by atoms with Crippen LogP contribution in [0, 0.1) is 0 Å². The second-order valence-corrected chi connectivity index (χ2v) is 6.78. The number of benzene rings is 2. The molecule has 0 saturated heterocycles. The number of rotatable bonds is 6. The van der Waals surface area contributed by atoms with Crippen LogP contribution in [0.4, 0.5) is 5.69 Å². The number of imidazole rings is 1. The number of furan rings is 1. The van der Waals surface area contributed by atoms with Crippen LogP contribution in [0.25, 0.3) is 21.9 Å². The number of fused-ring (bicyclic) bond motifs is 3. The molecule has 0 fully saturated rings. The maximum absolute atomic E-state index is 11.9. The number of H-pyrrole nitrogens is 1. The van der Waals surface area contributed by atoms with Crippen LogP contribution in [0.15, 0.2) is 59.4 Å². The fourth-order valence-corrected chi connectivity index (χ4v) is 3.75. The minimum absolute atomic E-state index is 0.0481. The van der Waals surface area contributed by atoms with Gasteiger partial charge in [0.25, 0.3) is 0 Å². The standard InChI is InChI=1S/C18H15N3O5S/c22-18(23)15(7-11-9-19-10-20-11)21(27(24)25)12-5-6-17-14(8-12)13-3-1-2-4-16(13)26-17/h1-6,8-10,15H,7H2,(H,19,20)(H,22,23)(H,24,25)/p-1. The van der Waals surface area contributed by atoms with Crippen LogP contribution in [0.5, 0.6) is 0 Å². The number of carboxylic acid groups (broad SMARTS) is 1. The Bertz CT molecular complexity index is 1140. The summed E-state index contributed by atoms with van der Waals surface area (Å²) >= 11 is -2.79. The summed E-state index contributed by atoms with van der Waals surface area (Å²) in [6, 6.07) is 10.9. The number of nitrogens with one attached hydrogen (secondary N) is 1. The molecule has 8 nitrogen and oxygen atoms in total. The lowest BCUT2D eigenvalue weighted by Crippen LogP contribution is -2.44. The van der Waals surface area contributed by atoms with Gasteiger partial charge in [-0.2, -0.15) is 0 Å². The zero-order valence-corrected chi connectivity index (χ0v) is 14.7. The zero-order chi connectivity index (χ0) is 19.0. The van der Waals surface area contributed by atoms with Gasteiger partial charge < -0.3 is 19.1 Å². The van der Waals surface area contributed by atoms with E-state index in [1.807, 2.05) is 24.3 Å². The molecule has 2 heterocycles. The molecular formula is C18H14N3O5S-. The Labute approximate surface area is 155 Å². The highest BCUT2D eigenvalue weighted by Crippen LogP contribution is 2.32. The van der Waals surface area contributed by atoms with Gasteiger partial charge in [0, 0.05) is 40.4 Å². The average Bonchev–Trinajstić information content (AvgIpc) is 3.28. The molecule has 138 valence electrons. The molecule has 0 spiro atoms. The molecule has 0 aliphatic rings. The number of carboxylic acids is 1. The van der Waals surface area contributed by atoms with E-state index in [4.69, 9.17) is 4.42 Å². The fourth-order valence-electron chi connectivity index (χ4n) is 3.10. The highest BCUT2D eigenvalue weighted by Gasteiger charge is 2.28. The smallest absolute Gasteiger partial charge is 0.327 e. The first-order chi connectivity index (χ1) is 13.0. The summed E-state index contributed by atoms with van der Waals surface area (Å²) in [6.07, 6.45) is 2.83. The highest BCUT2D eigenvalue weighted by molar-refractivity contribution is 7.80. The molecule has 4 aromatic rings. The van der Waals surface area contributed by atoms with Gasteiger partial charge in [-0.1, -0.05) is 18.2 Å². The molecule has 0 saturated carbocycles. The molecule has 4 rings (SSSR count). The van der Waals surface area contributed by atoms with Crippen molar-refractivity contribution in [2.45, 2.75) is 12.5 Å². The average molecular weight is 384 g/mol. The van der Waals surface area contributed by atoms with Crippen molar-refractivity contribution >= 4 is 44.9 Å². The predicted octanol–water partition coefficient (Wildman–Crippen LogP) is 2.61. The summed E-state index contributed by atoms with van der Waals surface area (Å²) in [7, 11) is 0. The van der Waals surface area contributed by atoms with Gasteiger partial charge in [-0.05, 0) is 24.3 Å². The van der Waals surface area contributed by atoms with Gasteiger partial charge in [0.2, 0.25) is 0 Å². The van der Waals surface area contributed by atoms with E-state index in [0.717, 1.165) is 9.69 Å². The van der Waals surface area contributed by atoms with E-state index < -0.39 is 23.3 Å². The number of aliphatic carboxylic acids is 1. The lowest BCUT2D eigenvalue weighted by Gasteiger charge is -2.31. The molecule has 0 aliphatic heterocycles. The molecule has 2 N–H and O–H groups in total. The van der Waals surface area contributed by atoms with Crippen molar-refractivity contribution in [3.63, 3.8) is 0 Å². The van der Waals surface area contributed by atoms with Crippen molar-refractivity contribution in [2.75, 3.05) is 4.31 Å². The summed E-state index contributed by atoms with van der Waals surface area (Å²) in [5.41, 5.74) is 2.03. The second kappa shape index (κ2) is 6.86. The number of aromatic nitrogens is 2. The van der Waals surface area contributed by atoms with Gasteiger partial charge >= 0.3 is 5.97 Å². The lowest BCUT2D eigenvalue weighted by atomic mass is 10.1. The Balaban J connectivity index is 1.81. The van der Waals surface area contributed by atoms with Crippen molar-refractivity contribution < 1.29 is 23.1 Å². The van der Waals surface area contributed by atoms with Crippen LogP contribution in [0.2, 0.25) is 0 Å². The van der Waals surface area contributed by atoms with Crippen LogP contribution in [-0.2, 0) is 22.5 Å². The number of nitrogens with zero attached hydrogens (tertiary/aromatic N) is 2. The number of anilines is 1. The van der Waals surface area contributed by atoms with Crippen LogP contribution in [0.1, 0.15) is 5.69 Å². The minimum atomic E-state index is -2.79. The molecule has 0 amide bonds. The Morgan fingerprint density at radius 2 is 2.04 bits per heavy atom. The van der Waals surface area contributed by atoms with Crippen molar-refractivity contribution in [1.29, 1.82) is 0 Å². The Hall–Kier alpha value is -3.17. The molecule has 0 aliphatic carbocycles. The molecule has 2 aromatic heterocycles. The van der Waals surface area contributed by atoms with E-state index in [1.165, 1.54) is 18.6 Å². The maximum Gasteiger partial charge on any atom is 0.327 e. The van der Waals surface area contributed by atoms with Crippen molar-refractivity contribution in [2.24, 2.45) is 0 Å². The summed E-state index contributed by atoms with van der Waals surface area (Å²) in [4.78, 5) is 18.4. The summed E-state index contributed by atoms with van der Waals surface area (Å²) in [6.45, 7) is 0. The van der Waals surface area contributed by atoms with Gasteiger partial charge in [0.05, 0.1) is 12.0 Å². The summed E-state index contributed by atoms with van der Waals surface area (Å²) in [5, 5.41) is 11.2. The lowest BCUT2D eigenvalue weighted by molar-refractivity contribution is -0.138. The Kier molecular flexibility index (Phi) is 4.38. The Morgan fingerprint density at radius 1 is 1.26 bits per heavy atom. The zero-order valence-electron chi connectivity index (χ0n) is 13.9. The molecule has 2 atom stereocenters. The largest absolute Gasteiger partial charge is 0.755 e. The third-order valence-electron chi connectivity index (χ3n) is 4.31. The number of carbonyl (C=O) groups is 1. The molecule has 9 heteroatoms. The minimum Gasteiger partial charge on any atom is -0.755 e. The number of aromatic amines is 1. The maximum atomic E-state index is 11.9. The Morgan fingerprint density at radius 3 is 2.74 bits per heavy atom. The molecule has 0 bridgehead atoms. The third-order valence-corrected chi connectivity index (χ3v) is 5.10. The number of para-hydroxylation sites is 1. The number of hydrogen-bond acceptors (Lipinski definition) is 5. The first-order valence-corrected chi connectivity index (χ1v) is 9.08. The van der Waals surface area contributed by atoms with E-state index in [-0.39, 0.29) is 12.1 Å². The fraction of sp³-hybridized carbons (Fsp3) is 0.111. The van der Waals surface area contributed by atoms with Gasteiger partial charge in [-0.3, -0.25) is 8.51 Å². The van der Waals surface area contributed by atoms with E-state index in [0.29, 0.717) is 22.2 Å². The topological polar surface area (TPSA) is 122 Å². The van der Waals surface area contributed by atoms with E-state index in [1.54, 1.807) is 12.1 Å². The van der Waals surface area contributed by atoms with Crippen LogP contribution in [0.3, 0.4) is 0 Å². The van der Waals surface area contributed by atoms with Gasteiger partial charge in [-0.25, -0.2) is 9.78 Å². The van der Waals surface area contributed by atoms with E-state index in [9.17, 15) is 18.7 Å². The van der Waals surface area contributed by atoms with Crippen LogP contribution >= 0.6 is 0 Å². The molecule has 2 aromatic carbocycles. The molecule has 0 radical (unpaired) electrons. The normalized spacial score (nSPS) is 13.7. The van der Waals surface area contributed by atoms with Crippen molar-refractivity contribution in [3.8, 4) is 0 Å². The summed E-state index contributed by atoms with van der Waals surface area (Å²) in [5.74, 6) is -1.26. The molecular weight excluding hydrogens is 370 g/mol. The third kappa shape index (κ3) is 3.18. The second-order valence-electron chi connectivity index (χ2n) is 5.96. The molecule has 27 heavy (non-hydrogen) atoms. The quantitative estimate of drug-likeness (QED) is 0.493. The predicted molar refractivity (Wildman–Crippen MR) is 98.8 cm³/mol. The summed E-state index contributed by atoms with van der Waals surface area (Å²) < 4.78 is 30.4. The highest BCUT2D eigenvalue weighted by atomic mass is 32.2. The van der Waals surface area contributed by atoms with Crippen molar-refractivity contribution in [3.05, 3.63) is 60.7 Å². The van der Waals surface area contributed by atoms with Crippen LogP contribution < -0.4 is 4.31 Å². The van der Waals surface area contributed by atoms with Gasteiger partial charge in [-0.15, -0.1) is 0 Å². The number of hydrogen-bond donors (Lipinski definition) is 2. The molecule has 2 unspecified atom stereocenters. The first-order valence-electron chi connectivity index (χ1n) is 8.04. The first kappa shape index (κ1) is 17.3. The van der Waals surface area contributed by atoms with Gasteiger partial charge in [0.1, 0.15) is 17.2 Å². The SMILES string of the molecule is O=C(O)C(Cc1cnc[nH]1)N(c1ccc2oc3ccccc3c2c1)S(=O)[O-]. The van der Waals surface area contributed by atoms with Crippen molar-refractivity contribution in [1.82, 2.24) is 9.97 Å². The van der Waals surface area contributed by atoms with E-state index >= 15 is 0 Å². The van der Waals surface area contributed by atoms with Gasteiger partial charge in [0.15, 0.2) is 0 Å². The van der Waals surface area contributed by atoms with E-state index in [2.05, 4.69) is 9.97 Å².